The third kappa shape index (κ3) is 3.66. The van der Waals surface area contributed by atoms with Gasteiger partial charge in [0.15, 0.2) is 0 Å². The van der Waals surface area contributed by atoms with Crippen molar-refractivity contribution in [3.05, 3.63) is 53.6 Å². The molecule has 122 valence electrons. The third-order valence-corrected chi connectivity index (χ3v) is 5.26. The molecule has 2 aromatic rings. The number of hydrogen-bond acceptors (Lipinski definition) is 2. The number of hydrogen-bond donors (Lipinski definition) is 0. The highest BCUT2D eigenvalue weighted by Gasteiger charge is 2.27. The number of aryl methyl sites for hydroxylation is 1. The van der Waals surface area contributed by atoms with Crippen LogP contribution < -0.4 is 0 Å². The molecule has 1 saturated carbocycles. The molecule has 3 nitrogen and oxygen atoms in total. The SMILES string of the molecule is Cc1cccc(CN2CCCC(c3nccn3CC3CC3)C2)c1. The van der Waals surface area contributed by atoms with Gasteiger partial charge in [0.1, 0.15) is 5.82 Å². The zero-order valence-corrected chi connectivity index (χ0v) is 14.1. The Balaban J connectivity index is 1.43. The van der Waals surface area contributed by atoms with Crippen LogP contribution in [-0.4, -0.2) is 27.5 Å². The van der Waals surface area contributed by atoms with Crippen LogP contribution in [0.15, 0.2) is 36.7 Å². The maximum atomic E-state index is 4.71. The maximum absolute atomic E-state index is 4.71. The van der Waals surface area contributed by atoms with E-state index in [1.807, 2.05) is 6.20 Å². The molecular formula is C20H27N3. The highest BCUT2D eigenvalue weighted by atomic mass is 15.1. The predicted molar refractivity (Wildman–Crippen MR) is 93.4 cm³/mol. The molecule has 2 heterocycles. The number of rotatable bonds is 5. The first-order chi connectivity index (χ1) is 11.3. The Morgan fingerprint density at radius 2 is 2.13 bits per heavy atom. The molecule has 2 aliphatic rings. The highest BCUT2D eigenvalue weighted by molar-refractivity contribution is 5.22. The molecule has 1 aliphatic heterocycles. The van der Waals surface area contributed by atoms with Gasteiger partial charge in [-0.05, 0) is 50.6 Å². The van der Waals surface area contributed by atoms with E-state index >= 15 is 0 Å². The highest BCUT2D eigenvalue weighted by Crippen LogP contribution is 2.33. The summed E-state index contributed by atoms with van der Waals surface area (Å²) < 4.78 is 2.43. The monoisotopic (exact) mass is 309 g/mol. The van der Waals surface area contributed by atoms with Crippen molar-refractivity contribution < 1.29 is 0 Å². The molecule has 3 heteroatoms. The molecule has 1 aromatic heterocycles. The molecular weight excluding hydrogens is 282 g/mol. The van der Waals surface area contributed by atoms with Crippen molar-refractivity contribution >= 4 is 0 Å². The minimum absolute atomic E-state index is 0.599. The summed E-state index contributed by atoms with van der Waals surface area (Å²) in [6.07, 6.45) is 9.56. The first-order valence-corrected chi connectivity index (χ1v) is 9.07. The van der Waals surface area contributed by atoms with Crippen molar-refractivity contribution in [3.8, 4) is 0 Å². The molecule has 1 aliphatic carbocycles. The Hall–Kier alpha value is -1.61. The van der Waals surface area contributed by atoms with Gasteiger partial charge in [-0.25, -0.2) is 4.98 Å². The average molecular weight is 309 g/mol. The van der Waals surface area contributed by atoms with Gasteiger partial charge in [-0.2, -0.15) is 0 Å². The van der Waals surface area contributed by atoms with Crippen LogP contribution in [0.25, 0.3) is 0 Å². The van der Waals surface area contributed by atoms with Crippen molar-refractivity contribution in [3.63, 3.8) is 0 Å². The number of imidazole rings is 1. The number of likely N-dealkylation sites (tertiary alicyclic amines) is 1. The van der Waals surface area contributed by atoms with E-state index in [4.69, 9.17) is 4.98 Å². The number of aromatic nitrogens is 2. The zero-order chi connectivity index (χ0) is 15.6. The lowest BCUT2D eigenvalue weighted by Crippen LogP contribution is -2.35. The normalized spacial score (nSPS) is 22.4. The van der Waals surface area contributed by atoms with Crippen LogP contribution >= 0.6 is 0 Å². The summed E-state index contributed by atoms with van der Waals surface area (Å²) in [4.78, 5) is 7.32. The minimum Gasteiger partial charge on any atom is -0.334 e. The summed E-state index contributed by atoms with van der Waals surface area (Å²) in [5.41, 5.74) is 2.79. The van der Waals surface area contributed by atoms with E-state index in [1.54, 1.807) is 0 Å². The van der Waals surface area contributed by atoms with Gasteiger partial charge >= 0.3 is 0 Å². The molecule has 1 atom stereocenters. The number of nitrogens with zero attached hydrogens (tertiary/aromatic N) is 3. The van der Waals surface area contributed by atoms with Crippen LogP contribution in [0.1, 0.15) is 48.6 Å². The lowest BCUT2D eigenvalue weighted by atomic mass is 9.96. The fourth-order valence-corrected chi connectivity index (χ4v) is 3.89. The van der Waals surface area contributed by atoms with Gasteiger partial charge in [0, 0.05) is 37.9 Å². The second kappa shape index (κ2) is 6.48. The molecule has 2 fully saturated rings. The standard InChI is InChI=1S/C20H27N3/c1-16-4-2-5-18(12-16)13-22-10-3-6-19(15-22)20-21-9-11-23(20)14-17-7-8-17/h2,4-5,9,11-12,17,19H,3,6-8,10,13-15H2,1H3. The molecule has 23 heavy (non-hydrogen) atoms. The molecule has 0 radical (unpaired) electrons. The molecule has 0 bridgehead atoms. The average Bonchev–Trinajstić information content (AvgIpc) is 3.23. The number of piperidine rings is 1. The van der Waals surface area contributed by atoms with Gasteiger partial charge in [0.05, 0.1) is 0 Å². The van der Waals surface area contributed by atoms with E-state index in [1.165, 1.54) is 55.7 Å². The summed E-state index contributed by atoms with van der Waals surface area (Å²) in [5.74, 6) is 2.84. The van der Waals surface area contributed by atoms with Gasteiger partial charge in [0.25, 0.3) is 0 Å². The van der Waals surface area contributed by atoms with Crippen LogP contribution in [-0.2, 0) is 13.1 Å². The smallest absolute Gasteiger partial charge is 0.113 e. The summed E-state index contributed by atoms with van der Waals surface area (Å²) >= 11 is 0. The van der Waals surface area contributed by atoms with Crippen molar-refractivity contribution in [1.29, 1.82) is 0 Å². The lowest BCUT2D eigenvalue weighted by molar-refractivity contribution is 0.194. The van der Waals surface area contributed by atoms with Gasteiger partial charge in [-0.3, -0.25) is 4.90 Å². The minimum atomic E-state index is 0.599. The van der Waals surface area contributed by atoms with Gasteiger partial charge in [0.2, 0.25) is 0 Å². The number of benzene rings is 1. The van der Waals surface area contributed by atoms with Crippen molar-refractivity contribution in [2.45, 2.75) is 51.6 Å². The Morgan fingerprint density at radius 1 is 1.22 bits per heavy atom. The van der Waals surface area contributed by atoms with Crippen molar-refractivity contribution in [1.82, 2.24) is 14.5 Å². The van der Waals surface area contributed by atoms with Gasteiger partial charge in [-0.15, -0.1) is 0 Å². The van der Waals surface area contributed by atoms with E-state index in [0.29, 0.717) is 5.92 Å². The predicted octanol–water partition coefficient (Wildman–Crippen LogP) is 3.98. The van der Waals surface area contributed by atoms with Crippen LogP contribution in [0.4, 0.5) is 0 Å². The quantitative estimate of drug-likeness (QED) is 0.833. The second-order valence-electron chi connectivity index (χ2n) is 7.44. The second-order valence-corrected chi connectivity index (χ2v) is 7.44. The zero-order valence-electron chi connectivity index (χ0n) is 14.1. The van der Waals surface area contributed by atoms with E-state index in [0.717, 1.165) is 19.0 Å². The maximum Gasteiger partial charge on any atom is 0.113 e. The molecule has 1 saturated heterocycles. The van der Waals surface area contributed by atoms with Crippen molar-refractivity contribution in [2.24, 2.45) is 5.92 Å². The topological polar surface area (TPSA) is 21.1 Å². The first kappa shape index (κ1) is 14.9. The van der Waals surface area contributed by atoms with Gasteiger partial charge < -0.3 is 4.57 Å². The Morgan fingerprint density at radius 3 is 2.96 bits per heavy atom. The molecule has 1 aromatic carbocycles. The van der Waals surface area contributed by atoms with Crippen molar-refractivity contribution in [2.75, 3.05) is 13.1 Å². The van der Waals surface area contributed by atoms with E-state index in [2.05, 4.69) is 46.9 Å². The molecule has 0 spiro atoms. The largest absolute Gasteiger partial charge is 0.334 e. The van der Waals surface area contributed by atoms with E-state index in [-0.39, 0.29) is 0 Å². The fourth-order valence-electron chi connectivity index (χ4n) is 3.89. The Bertz CT molecular complexity index is 656. The summed E-state index contributed by atoms with van der Waals surface area (Å²) in [6, 6.07) is 8.92. The molecule has 4 rings (SSSR count). The third-order valence-electron chi connectivity index (χ3n) is 5.26. The Labute approximate surface area is 139 Å². The molecule has 0 N–H and O–H groups in total. The first-order valence-electron chi connectivity index (χ1n) is 9.07. The fraction of sp³-hybridized carbons (Fsp3) is 0.550. The molecule has 0 amide bonds. The van der Waals surface area contributed by atoms with Crippen LogP contribution in [0.3, 0.4) is 0 Å². The van der Waals surface area contributed by atoms with Crippen LogP contribution in [0.5, 0.6) is 0 Å². The van der Waals surface area contributed by atoms with Gasteiger partial charge in [-0.1, -0.05) is 29.8 Å². The summed E-state index contributed by atoms with van der Waals surface area (Å²) in [7, 11) is 0. The van der Waals surface area contributed by atoms with E-state index in [9.17, 15) is 0 Å². The summed E-state index contributed by atoms with van der Waals surface area (Å²) in [5, 5.41) is 0. The summed E-state index contributed by atoms with van der Waals surface area (Å²) in [6.45, 7) is 6.80. The van der Waals surface area contributed by atoms with Crippen LogP contribution in [0, 0.1) is 12.8 Å². The molecule has 1 unspecified atom stereocenters. The Kier molecular flexibility index (Phi) is 4.21. The van der Waals surface area contributed by atoms with E-state index < -0.39 is 0 Å². The van der Waals surface area contributed by atoms with Crippen LogP contribution in [0.2, 0.25) is 0 Å². The lowest BCUT2D eigenvalue weighted by Gasteiger charge is -2.32.